The van der Waals surface area contributed by atoms with Crippen LogP contribution in [0.2, 0.25) is 0 Å². The number of fused-ring (bicyclic) bond motifs is 1. The highest BCUT2D eigenvalue weighted by Gasteiger charge is 2.41. The second-order valence-electron chi connectivity index (χ2n) is 16.0. The van der Waals surface area contributed by atoms with Gasteiger partial charge in [-0.15, -0.1) is 0 Å². The van der Waals surface area contributed by atoms with Gasteiger partial charge < -0.3 is 20.1 Å². The van der Waals surface area contributed by atoms with Gasteiger partial charge in [0, 0.05) is 47.8 Å². The molecule has 2 aromatic carbocycles. The number of esters is 2. The Balaban J connectivity index is 1.27. The lowest BCUT2D eigenvalue weighted by atomic mass is 9.77. The molecule has 1 saturated carbocycles. The molecule has 0 aromatic heterocycles. The number of carbonyl (C=O) groups is 2. The van der Waals surface area contributed by atoms with Crippen LogP contribution in [-0.4, -0.2) is 46.3 Å². The molecule has 2 aliphatic heterocycles. The fraction of sp³-hybridized carbons (Fsp3) is 0.667. The van der Waals surface area contributed by atoms with E-state index in [-0.39, 0.29) is 52.2 Å². The Morgan fingerprint density at radius 1 is 0.690 bits per heavy atom. The van der Waals surface area contributed by atoms with Crippen LogP contribution >= 0.6 is 0 Å². The van der Waals surface area contributed by atoms with Crippen molar-refractivity contribution in [3.05, 3.63) is 47.5 Å². The van der Waals surface area contributed by atoms with Crippen LogP contribution in [0, 0.1) is 5.92 Å². The van der Waals surface area contributed by atoms with Crippen LogP contribution in [0.4, 0.5) is 0 Å². The number of hydrogen-bond acceptors (Lipinski definition) is 6. The topological polar surface area (TPSA) is 76.7 Å². The van der Waals surface area contributed by atoms with Crippen molar-refractivity contribution in [3.63, 3.8) is 0 Å². The summed E-state index contributed by atoms with van der Waals surface area (Å²) in [5, 5.41) is 9.58. The first-order valence-electron chi connectivity index (χ1n) is 16.0. The predicted molar refractivity (Wildman–Crippen MR) is 169 cm³/mol. The van der Waals surface area contributed by atoms with Crippen LogP contribution in [-0.2, 0) is 14.3 Å². The predicted octanol–water partition coefficient (Wildman–Crippen LogP) is 7.43. The monoisotopic (exact) mass is 576 g/mol. The van der Waals surface area contributed by atoms with Gasteiger partial charge in [0.25, 0.3) is 0 Å². The van der Waals surface area contributed by atoms with Gasteiger partial charge in [-0.2, -0.15) is 0 Å². The Morgan fingerprint density at radius 2 is 1.19 bits per heavy atom. The molecule has 6 heteroatoms. The molecule has 3 fully saturated rings. The van der Waals surface area contributed by atoms with Crippen LogP contribution in [0.3, 0.4) is 0 Å². The highest BCUT2D eigenvalue weighted by Crippen LogP contribution is 2.41. The van der Waals surface area contributed by atoms with E-state index < -0.39 is 0 Å². The third-order valence-corrected chi connectivity index (χ3v) is 9.49. The summed E-state index contributed by atoms with van der Waals surface area (Å²) in [7, 11) is 0. The number of benzene rings is 2. The lowest BCUT2D eigenvalue weighted by Gasteiger charge is -2.46. The number of hydrogen-bond donors (Lipinski definition) is 2. The van der Waals surface area contributed by atoms with Gasteiger partial charge in [0.15, 0.2) is 0 Å². The van der Waals surface area contributed by atoms with E-state index >= 15 is 0 Å². The van der Waals surface area contributed by atoms with Gasteiger partial charge in [0.2, 0.25) is 0 Å². The highest BCUT2D eigenvalue weighted by molar-refractivity contribution is 5.97. The number of nitrogens with one attached hydrogen (secondary N) is 2. The smallest absolute Gasteiger partial charge is 0.338 e. The molecule has 5 rings (SSSR count). The van der Waals surface area contributed by atoms with Crippen molar-refractivity contribution in [2.45, 2.75) is 147 Å². The van der Waals surface area contributed by atoms with Crippen LogP contribution in [0.25, 0.3) is 10.8 Å². The maximum absolute atomic E-state index is 13.5. The Kier molecular flexibility index (Phi) is 8.30. The molecular formula is C36H52N2O4. The Labute approximate surface area is 252 Å². The minimum Gasteiger partial charge on any atom is -0.462 e. The van der Waals surface area contributed by atoms with Gasteiger partial charge in [-0.05, 0) is 115 Å². The third-order valence-electron chi connectivity index (χ3n) is 9.49. The summed E-state index contributed by atoms with van der Waals surface area (Å²) in [5.41, 5.74) is 1.51. The lowest BCUT2D eigenvalue weighted by Crippen LogP contribution is -2.59. The standard InChI is InChI=1S/C36H52N2O4/c1-33(2)19-27(20-34(3,4)37-33)41-31(39)24-15-13-23(14-16-24)30-18-26(17-25-11-9-10-12-29(25)30)32(40)42-28-21-35(5,6)38-36(7,8)22-28/h9-12,17-18,23-24,27-28,37-38H,13-16,19-22H2,1-8H3. The van der Waals surface area contributed by atoms with Gasteiger partial charge in [0.1, 0.15) is 12.2 Å². The summed E-state index contributed by atoms with van der Waals surface area (Å²) in [6.45, 7) is 17.4. The average Bonchev–Trinajstić information content (AvgIpc) is 2.84. The Bertz CT molecular complexity index is 1290. The summed E-state index contributed by atoms with van der Waals surface area (Å²) in [4.78, 5) is 26.8. The fourth-order valence-electron chi connectivity index (χ4n) is 8.54. The molecule has 2 saturated heterocycles. The Morgan fingerprint density at radius 3 is 1.74 bits per heavy atom. The zero-order valence-corrected chi connectivity index (χ0v) is 27.1. The number of carbonyl (C=O) groups excluding carboxylic acids is 2. The number of ether oxygens (including phenoxy) is 2. The van der Waals surface area contributed by atoms with E-state index in [9.17, 15) is 9.59 Å². The zero-order valence-electron chi connectivity index (χ0n) is 27.1. The van der Waals surface area contributed by atoms with Crippen LogP contribution in [0.15, 0.2) is 36.4 Å². The molecule has 0 radical (unpaired) electrons. The minimum absolute atomic E-state index is 0.0399. The summed E-state index contributed by atoms with van der Waals surface area (Å²) >= 11 is 0. The minimum atomic E-state index is -0.245. The fourth-order valence-corrected chi connectivity index (χ4v) is 8.54. The molecule has 230 valence electrons. The highest BCUT2D eigenvalue weighted by atomic mass is 16.5. The molecule has 0 bridgehead atoms. The number of rotatable bonds is 5. The lowest BCUT2D eigenvalue weighted by molar-refractivity contribution is -0.159. The molecule has 2 aromatic rings. The second kappa shape index (κ2) is 11.2. The molecule has 0 spiro atoms. The van der Waals surface area contributed by atoms with E-state index in [1.807, 2.05) is 12.1 Å². The van der Waals surface area contributed by atoms with Crippen molar-refractivity contribution in [2.75, 3.05) is 0 Å². The summed E-state index contributed by atoms with van der Waals surface area (Å²) in [6.07, 6.45) is 6.49. The van der Waals surface area contributed by atoms with Gasteiger partial charge in [-0.1, -0.05) is 24.3 Å². The Hall–Kier alpha value is -2.44. The average molecular weight is 577 g/mol. The molecule has 2 N–H and O–H groups in total. The molecule has 0 atom stereocenters. The maximum Gasteiger partial charge on any atom is 0.338 e. The number of piperidine rings is 2. The summed E-state index contributed by atoms with van der Waals surface area (Å²) < 4.78 is 12.3. The molecule has 3 aliphatic rings. The first-order chi connectivity index (χ1) is 19.5. The molecule has 2 heterocycles. The van der Waals surface area contributed by atoms with Gasteiger partial charge >= 0.3 is 11.9 Å². The SMILES string of the molecule is CC1(C)CC(OC(=O)c2cc(C3CCC(C(=O)OC4CC(C)(C)NC(C)(C)C4)CC3)c3ccccc3c2)CC(C)(C)N1. The summed E-state index contributed by atoms with van der Waals surface area (Å²) in [6, 6.07) is 12.4. The second-order valence-corrected chi connectivity index (χ2v) is 16.0. The van der Waals surface area contributed by atoms with Crippen molar-refractivity contribution in [2.24, 2.45) is 5.92 Å². The van der Waals surface area contributed by atoms with Gasteiger partial charge in [-0.25, -0.2) is 4.79 Å². The molecular weight excluding hydrogens is 524 g/mol. The van der Waals surface area contributed by atoms with E-state index in [1.165, 1.54) is 10.9 Å². The molecule has 1 aliphatic carbocycles. The first kappa shape index (κ1) is 31.0. The molecule has 0 amide bonds. The van der Waals surface area contributed by atoms with Crippen molar-refractivity contribution in [1.29, 1.82) is 0 Å². The molecule has 42 heavy (non-hydrogen) atoms. The van der Waals surface area contributed by atoms with E-state index in [1.54, 1.807) is 0 Å². The normalized spacial score (nSPS) is 27.3. The molecule has 6 nitrogen and oxygen atoms in total. The van der Waals surface area contributed by atoms with E-state index in [0.29, 0.717) is 11.5 Å². The zero-order chi connectivity index (χ0) is 30.5. The first-order valence-corrected chi connectivity index (χ1v) is 16.0. The summed E-state index contributed by atoms with van der Waals surface area (Å²) in [5.74, 6) is -0.0545. The quantitative estimate of drug-likeness (QED) is 0.361. The van der Waals surface area contributed by atoms with Gasteiger partial charge in [0.05, 0.1) is 11.5 Å². The van der Waals surface area contributed by atoms with E-state index in [4.69, 9.17) is 9.47 Å². The van der Waals surface area contributed by atoms with E-state index in [0.717, 1.165) is 56.8 Å². The third kappa shape index (κ3) is 7.37. The maximum atomic E-state index is 13.5. The largest absolute Gasteiger partial charge is 0.462 e. The molecule has 0 unspecified atom stereocenters. The van der Waals surface area contributed by atoms with E-state index in [2.05, 4.69) is 90.3 Å². The van der Waals surface area contributed by atoms with Crippen molar-refractivity contribution < 1.29 is 19.1 Å². The van der Waals surface area contributed by atoms with Crippen molar-refractivity contribution in [3.8, 4) is 0 Å². The van der Waals surface area contributed by atoms with Crippen molar-refractivity contribution >= 4 is 22.7 Å². The van der Waals surface area contributed by atoms with Crippen LogP contribution in [0.1, 0.15) is 129 Å². The van der Waals surface area contributed by atoms with Crippen LogP contribution in [0.5, 0.6) is 0 Å². The van der Waals surface area contributed by atoms with Crippen LogP contribution < -0.4 is 10.6 Å². The van der Waals surface area contributed by atoms with Crippen molar-refractivity contribution in [1.82, 2.24) is 10.6 Å². The van der Waals surface area contributed by atoms with Gasteiger partial charge in [-0.3, -0.25) is 4.79 Å².